The molecule has 2 heterocycles. The number of nitrogens with two attached hydrogens (primary N) is 1. The van der Waals surface area contributed by atoms with Crippen LogP contribution in [0.3, 0.4) is 0 Å². The summed E-state index contributed by atoms with van der Waals surface area (Å²) in [6.45, 7) is 0.871. The van der Waals surface area contributed by atoms with Gasteiger partial charge < -0.3 is 10.6 Å². The molecule has 1 aliphatic rings. The lowest BCUT2D eigenvalue weighted by Crippen LogP contribution is -2.40. The van der Waals surface area contributed by atoms with Gasteiger partial charge in [0.05, 0.1) is 10.2 Å². The SMILES string of the molecule is NC(=O)C1CCCN1c1ccncc1Br. The van der Waals surface area contributed by atoms with Crippen molar-refractivity contribution < 1.29 is 4.79 Å². The van der Waals surface area contributed by atoms with E-state index in [1.54, 1.807) is 12.4 Å². The Hall–Kier alpha value is -1.10. The monoisotopic (exact) mass is 269 g/mol. The van der Waals surface area contributed by atoms with Crippen molar-refractivity contribution in [1.82, 2.24) is 4.98 Å². The number of aromatic nitrogens is 1. The largest absolute Gasteiger partial charge is 0.368 e. The molecule has 1 saturated heterocycles. The Labute approximate surface area is 96.6 Å². The van der Waals surface area contributed by atoms with E-state index in [9.17, 15) is 4.79 Å². The molecule has 2 rings (SSSR count). The van der Waals surface area contributed by atoms with Gasteiger partial charge in [0, 0.05) is 18.9 Å². The number of amides is 1. The predicted octanol–water partition coefficient (Wildman–Crippen LogP) is 1.30. The number of nitrogens with zero attached hydrogens (tertiary/aromatic N) is 2. The molecule has 1 fully saturated rings. The molecule has 1 aromatic rings. The summed E-state index contributed by atoms with van der Waals surface area (Å²) in [5.41, 5.74) is 6.36. The van der Waals surface area contributed by atoms with E-state index in [0.717, 1.165) is 29.5 Å². The molecule has 0 aromatic carbocycles. The predicted molar refractivity (Wildman–Crippen MR) is 61.5 cm³/mol. The first-order chi connectivity index (χ1) is 7.20. The molecule has 1 aliphatic heterocycles. The van der Waals surface area contributed by atoms with E-state index in [0.29, 0.717) is 0 Å². The maximum Gasteiger partial charge on any atom is 0.240 e. The molecule has 1 aromatic heterocycles. The molecule has 2 N–H and O–H groups in total. The third-order valence-corrected chi connectivity index (χ3v) is 3.25. The van der Waals surface area contributed by atoms with Crippen LogP contribution in [0.4, 0.5) is 5.69 Å². The fourth-order valence-corrected chi connectivity index (χ4v) is 2.43. The molecule has 4 nitrogen and oxygen atoms in total. The fourth-order valence-electron chi connectivity index (χ4n) is 1.95. The number of carbonyl (C=O) groups is 1. The zero-order valence-electron chi connectivity index (χ0n) is 8.19. The van der Waals surface area contributed by atoms with Gasteiger partial charge in [0.25, 0.3) is 0 Å². The number of hydrogen-bond donors (Lipinski definition) is 1. The summed E-state index contributed by atoms with van der Waals surface area (Å²) in [5, 5.41) is 0. The van der Waals surface area contributed by atoms with Gasteiger partial charge in [-0.15, -0.1) is 0 Å². The van der Waals surface area contributed by atoms with Crippen LogP contribution in [0.1, 0.15) is 12.8 Å². The number of rotatable bonds is 2. The second-order valence-electron chi connectivity index (χ2n) is 3.58. The molecule has 15 heavy (non-hydrogen) atoms. The van der Waals surface area contributed by atoms with Crippen LogP contribution in [0.25, 0.3) is 0 Å². The highest BCUT2D eigenvalue weighted by molar-refractivity contribution is 9.10. The van der Waals surface area contributed by atoms with Crippen molar-refractivity contribution in [2.45, 2.75) is 18.9 Å². The Kier molecular flexibility index (Phi) is 2.90. The minimum Gasteiger partial charge on any atom is -0.368 e. The summed E-state index contributed by atoms with van der Waals surface area (Å²) in [5.74, 6) is -0.254. The van der Waals surface area contributed by atoms with Crippen LogP contribution in [0.5, 0.6) is 0 Å². The first kappa shape index (κ1) is 10.4. The number of hydrogen-bond acceptors (Lipinski definition) is 3. The molecule has 0 bridgehead atoms. The number of pyridine rings is 1. The van der Waals surface area contributed by atoms with E-state index in [-0.39, 0.29) is 11.9 Å². The van der Waals surface area contributed by atoms with E-state index in [1.807, 2.05) is 11.0 Å². The average Bonchev–Trinajstić information content (AvgIpc) is 2.67. The molecule has 0 spiro atoms. The molecule has 0 saturated carbocycles. The number of halogens is 1. The molecule has 1 atom stereocenters. The van der Waals surface area contributed by atoms with Crippen molar-refractivity contribution in [2.24, 2.45) is 5.73 Å². The summed E-state index contributed by atoms with van der Waals surface area (Å²) in [6, 6.07) is 1.72. The van der Waals surface area contributed by atoms with Crippen molar-refractivity contribution in [3.63, 3.8) is 0 Å². The Morgan fingerprint density at radius 2 is 2.47 bits per heavy atom. The first-order valence-electron chi connectivity index (χ1n) is 4.85. The van der Waals surface area contributed by atoms with Crippen LogP contribution < -0.4 is 10.6 Å². The maximum atomic E-state index is 11.2. The van der Waals surface area contributed by atoms with Gasteiger partial charge in [-0.05, 0) is 34.8 Å². The van der Waals surface area contributed by atoms with Gasteiger partial charge in [0.1, 0.15) is 6.04 Å². The van der Waals surface area contributed by atoms with E-state index >= 15 is 0 Å². The van der Waals surface area contributed by atoms with Crippen LogP contribution in [0.15, 0.2) is 22.9 Å². The minimum absolute atomic E-state index is 0.177. The third kappa shape index (κ3) is 1.97. The molecule has 5 heteroatoms. The lowest BCUT2D eigenvalue weighted by Gasteiger charge is -2.25. The molecule has 80 valence electrons. The zero-order chi connectivity index (χ0) is 10.8. The van der Waals surface area contributed by atoms with E-state index in [4.69, 9.17) is 5.73 Å². The third-order valence-electron chi connectivity index (χ3n) is 2.64. The van der Waals surface area contributed by atoms with Crippen molar-refractivity contribution in [3.05, 3.63) is 22.9 Å². The molecular weight excluding hydrogens is 258 g/mol. The summed E-state index contributed by atoms with van der Waals surface area (Å²) in [4.78, 5) is 17.3. The average molecular weight is 270 g/mol. The molecular formula is C10H12BrN3O. The van der Waals surface area contributed by atoms with Crippen LogP contribution in [0.2, 0.25) is 0 Å². The highest BCUT2D eigenvalue weighted by atomic mass is 79.9. The molecule has 0 aliphatic carbocycles. The summed E-state index contributed by atoms with van der Waals surface area (Å²) >= 11 is 3.43. The Balaban J connectivity index is 2.30. The molecule has 1 amide bonds. The van der Waals surface area contributed by atoms with Crippen molar-refractivity contribution in [2.75, 3.05) is 11.4 Å². The Morgan fingerprint density at radius 1 is 1.67 bits per heavy atom. The van der Waals surface area contributed by atoms with Gasteiger partial charge in [0.15, 0.2) is 0 Å². The van der Waals surface area contributed by atoms with Crippen LogP contribution in [-0.4, -0.2) is 23.5 Å². The normalized spacial score (nSPS) is 20.6. The van der Waals surface area contributed by atoms with Crippen LogP contribution in [-0.2, 0) is 4.79 Å². The molecule has 1 unspecified atom stereocenters. The fraction of sp³-hybridized carbons (Fsp3) is 0.400. The molecule has 0 radical (unpaired) electrons. The van der Waals surface area contributed by atoms with Crippen LogP contribution in [0, 0.1) is 0 Å². The van der Waals surface area contributed by atoms with Crippen molar-refractivity contribution in [1.29, 1.82) is 0 Å². The summed E-state index contributed by atoms with van der Waals surface area (Å²) in [6.07, 6.45) is 5.29. The van der Waals surface area contributed by atoms with Gasteiger partial charge in [0.2, 0.25) is 5.91 Å². The lowest BCUT2D eigenvalue weighted by molar-refractivity contribution is -0.119. The second kappa shape index (κ2) is 4.18. The standard InChI is InChI=1S/C10H12BrN3O/c11-7-6-13-4-3-8(7)14-5-1-2-9(14)10(12)15/h3-4,6,9H,1-2,5H2,(H2,12,15). The Morgan fingerprint density at radius 3 is 3.13 bits per heavy atom. The van der Waals surface area contributed by atoms with E-state index in [1.165, 1.54) is 0 Å². The van der Waals surface area contributed by atoms with Gasteiger partial charge in [-0.2, -0.15) is 0 Å². The van der Waals surface area contributed by atoms with Gasteiger partial charge in [-0.25, -0.2) is 0 Å². The number of anilines is 1. The van der Waals surface area contributed by atoms with Gasteiger partial charge >= 0.3 is 0 Å². The van der Waals surface area contributed by atoms with E-state index in [2.05, 4.69) is 20.9 Å². The van der Waals surface area contributed by atoms with Crippen LogP contribution >= 0.6 is 15.9 Å². The van der Waals surface area contributed by atoms with Crippen molar-refractivity contribution >= 4 is 27.5 Å². The maximum absolute atomic E-state index is 11.2. The Bertz CT molecular complexity index is 383. The van der Waals surface area contributed by atoms with Gasteiger partial charge in [-0.3, -0.25) is 9.78 Å². The van der Waals surface area contributed by atoms with Crippen molar-refractivity contribution in [3.8, 4) is 0 Å². The summed E-state index contributed by atoms with van der Waals surface area (Å²) in [7, 11) is 0. The highest BCUT2D eigenvalue weighted by Gasteiger charge is 2.29. The smallest absolute Gasteiger partial charge is 0.240 e. The summed E-state index contributed by atoms with van der Waals surface area (Å²) < 4.78 is 0.901. The van der Waals surface area contributed by atoms with Gasteiger partial charge in [-0.1, -0.05) is 0 Å². The highest BCUT2D eigenvalue weighted by Crippen LogP contribution is 2.30. The van der Waals surface area contributed by atoms with E-state index < -0.39 is 0 Å². The topological polar surface area (TPSA) is 59.2 Å². The second-order valence-corrected chi connectivity index (χ2v) is 4.44. The number of carbonyl (C=O) groups excluding carboxylic acids is 1. The quantitative estimate of drug-likeness (QED) is 0.881. The zero-order valence-corrected chi connectivity index (χ0v) is 9.77. The first-order valence-corrected chi connectivity index (χ1v) is 5.65. The number of primary amides is 1. The minimum atomic E-state index is -0.254. The lowest BCUT2D eigenvalue weighted by atomic mass is 10.2.